The highest BCUT2D eigenvalue weighted by Gasteiger charge is 2.19. The summed E-state index contributed by atoms with van der Waals surface area (Å²) in [5.74, 6) is -0.682. The lowest BCUT2D eigenvalue weighted by Gasteiger charge is -2.30. The molecule has 0 aromatic rings. The molecule has 0 radical (unpaired) electrons. The van der Waals surface area contributed by atoms with Crippen molar-refractivity contribution in [3.05, 3.63) is 0 Å². The number of hydrogen-bond donors (Lipinski definition) is 2. The first-order chi connectivity index (χ1) is 10.2. The fraction of sp³-hybridized carbons (Fsp3) is 0.944. The minimum Gasteiger partial charge on any atom is -0.481 e. The zero-order chi connectivity index (χ0) is 15.3. The fourth-order valence-electron chi connectivity index (χ4n) is 3.40. The molecule has 0 aromatic heterocycles. The number of unbranched alkanes of at least 4 members (excludes halogenated alkanes) is 2. The van der Waals surface area contributed by atoms with Gasteiger partial charge in [-0.2, -0.15) is 0 Å². The summed E-state index contributed by atoms with van der Waals surface area (Å²) in [5.41, 5.74) is 0. The molecule has 0 aliphatic heterocycles. The Kier molecular flexibility index (Phi) is 10.6. The van der Waals surface area contributed by atoms with E-state index in [1.54, 1.807) is 0 Å². The Hall–Kier alpha value is -0.570. The van der Waals surface area contributed by atoms with Crippen LogP contribution in [0.4, 0.5) is 0 Å². The summed E-state index contributed by atoms with van der Waals surface area (Å²) >= 11 is 0. The van der Waals surface area contributed by atoms with Crippen LogP contribution in [-0.2, 0) is 4.79 Å². The molecular formula is C18H35NO2. The van der Waals surface area contributed by atoms with Crippen LogP contribution in [0.5, 0.6) is 0 Å². The van der Waals surface area contributed by atoms with Crippen LogP contribution in [0.1, 0.15) is 96.8 Å². The molecular weight excluding hydrogens is 262 g/mol. The molecule has 3 nitrogen and oxygen atoms in total. The maximum atomic E-state index is 9.87. The first kappa shape index (κ1) is 18.5. The molecule has 2 aliphatic carbocycles. The largest absolute Gasteiger partial charge is 0.481 e. The number of carboxylic acids is 1. The SMILES string of the molecule is C1CCC(NC2CCCCC2)CC1.CCCCCC(=O)O. The lowest BCUT2D eigenvalue weighted by atomic mass is 9.91. The molecule has 2 saturated carbocycles. The Labute approximate surface area is 130 Å². The molecule has 0 saturated heterocycles. The van der Waals surface area contributed by atoms with E-state index in [0.29, 0.717) is 6.42 Å². The topological polar surface area (TPSA) is 49.3 Å². The van der Waals surface area contributed by atoms with Crippen molar-refractivity contribution in [2.75, 3.05) is 0 Å². The van der Waals surface area contributed by atoms with Crippen LogP contribution < -0.4 is 5.32 Å². The fourth-order valence-corrected chi connectivity index (χ4v) is 3.40. The quantitative estimate of drug-likeness (QED) is 0.686. The molecule has 0 bridgehead atoms. The van der Waals surface area contributed by atoms with Gasteiger partial charge < -0.3 is 10.4 Å². The molecule has 0 unspecified atom stereocenters. The Morgan fingerprint density at radius 2 is 1.38 bits per heavy atom. The van der Waals surface area contributed by atoms with Crippen molar-refractivity contribution in [3.8, 4) is 0 Å². The first-order valence-corrected chi connectivity index (χ1v) is 9.20. The third kappa shape index (κ3) is 9.89. The van der Waals surface area contributed by atoms with Gasteiger partial charge in [-0.25, -0.2) is 0 Å². The molecule has 2 fully saturated rings. The van der Waals surface area contributed by atoms with E-state index >= 15 is 0 Å². The number of hydrogen-bond acceptors (Lipinski definition) is 2. The summed E-state index contributed by atoms with van der Waals surface area (Å²) in [4.78, 5) is 9.87. The van der Waals surface area contributed by atoms with Gasteiger partial charge in [0.25, 0.3) is 0 Å². The summed E-state index contributed by atoms with van der Waals surface area (Å²) in [6.45, 7) is 2.06. The van der Waals surface area contributed by atoms with Crippen LogP contribution in [0.3, 0.4) is 0 Å². The lowest BCUT2D eigenvalue weighted by molar-refractivity contribution is -0.137. The van der Waals surface area contributed by atoms with Crippen molar-refractivity contribution in [1.29, 1.82) is 0 Å². The Morgan fingerprint density at radius 3 is 1.76 bits per heavy atom. The van der Waals surface area contributed by atoms with Gasteiger partial charge in [0, 0.05) is 18.5 Å². The summed E-state index contributed by atoms with van der Waals surface area (Å²) in [5, 5.41) is 12.0. The Balaban J connectivity index is 0.000000240. The predicted molar refractivity (Wildman–Crippen MR) is 88.7 cm³/mol. The van der Waals surface area contributed by atoms with Gasteiger partial charge in [0.05, 0.1) is 0 Å². The van der Waals surface area contributed by atoms with E-state index in [2.05, 4.69) is 12.2 Å². The summed E-state index contributed by atoms with van der Waals surface area (Å²) in [7, 11) is 0. The van der Waals surface area contributed by atoms with Gasteiger partial charge in [0.15, 0.2) is 0 Å². The molecule has 2 rings (SSSR count). The van der Waals surface area contributed by atoms with E-state index in [9.17, 15) is 4.79 Å². The van der Waals surface area contributed by atoms with Crippen molar-refractivity contribution in [2.24, 2.45) is 0 Å². The van der Waals surface area contributed by atoms with E-state index in [1.165, 1.54) is 64.2 Å². The highest BCUT2D eigenvalue weighted by atomic mass is 16.4. The van der Waals surface area contributed by atoms with Gasteiger partial charge >= 0.3 is 5.97 Å². The second-order valence-electron chi connectivity index (χ2n) is 6.69. The van der Waals surface area contributed by atoms with Crippen LogP contribution in [0, 0.1) is 0 Å². The van der Waals surface area contributed by atoms with Gasteiger partial charge in [-0.05, 0) is 32.1 Å². The zero-order valence-electron chi connectivity index (χ0n) is 13.9. The highest BCUT2D eigenvalue weighted by molar-refractivity contribution is 5.66. The van der Waals surface area contributed by atoms with Crippen LogP contribution in [-0.4, -0.2) is 23.2 Å². The molecule has 0 spiro atoms. The Bertz CT molecular complexity index is 240. The minimum absolute atomic E-state index is 0.327. The van der Waals surface area contributed by atoms with Crippen LogP contribution >= 0.6 is 0 Å². The van der Waals surface area contributed by atoms with Crippen molar-refractivity contribution in [2.45, 2.75) is 109 Å². The lowest BCUT2D eigenvalue weighted by Crippen LogP contribution is -2.40. The molecule has 0 heterocycles. The van der Waals surface area contributed by atoms with Gasteiger partial charge in [-0.15, -0.1) is 0 Å². The van der Waals surface area contributed by atoms with E-state index in [-0.39, 0.29) is 0 Å². The monoisotopic (exact) mass is 297 g/mol. The van der Waals surface area contributed by atoms with Gasteiger partial charge in [-0.3, -0.25) is 4.79 Å². The number of rotatable bonds is 6. The van der Waals surface area contributed by atoms with Crippen LogP contribution in [0.15, 0.2) is 0 Å². The summed E-state index contributed by atoms with van der Waals surface area (Å²) in [6.07, 6.45) is 17.8. The van der Waals surface area contributed by atoms with E-state index < -0.39 is 5.97 Å². The normalized spacial score (nSPS) is 20.6. The maximum Gasteiger partial charge on any atom is 0.303 e. The molecule has 0 amide bonds. The second-order valence-corrected chi connectivity index (χ2v) is 6.69. The van der Waals surface area contributed by atoms with E-state index in [4.69, 9.17) is 5.11 Å². The van der Waals surface area contributed by atoms with Gasteiger partial charge in [-0.1, -0.05) is 58.3 Å². The van der Waals surface area contributed by atoms with Crippen molar-refractivity contribution in [3.63, 3.8) is 0 Å². The van der Waals surface area contributed by atoms with Crippen molar-refractivity contribution >= 4 is 5.97 Å². The minimum atomic E-state index is -0.682. The third-order valence-electron chi connectivity index (χ3n) is 4.68. The van der Waals surface area contributed by atoms with Crippen molar-refractivity contribution in [1.82, 2.24) is 5.32 Å². The maximum absolute atomic E-state index is 9.87. The van der Waals surface area contributed by atoms with Gasteiger partial charge in [0.2, 0.25) is 0 Å². The van der Waals surface area contributed by atoms with Crippen LogP contribution in [0.25, 0.3) is 0 Å². The molecule has 2 N–H and O–H groups in total. The standard InChI is InChI=1S/C12H23N.C6H12O2/c1-3-7-11(8-4-1)13-12-9-5-2-6-10-12;1-2-3-4-5-6(7)8/h11-13H,1-10H2;2-5H2,1H3,(H,7,8). The second kappa shape index (κ2) is 12.0. The van der Waals surface area contributed by atoms with E-state index in [1.807, 2.05) is 0 Å². The zero-order valence-corrected chi connectivity index (χ0v) is 13.9. The number of carboxylic acid groups (broad SMARTS) is 1. The summed E-state index contributed by atoms with van der Waals surface area (Å²) < 4.78 is 0. The van der Waals surface area contributed by atoms with Crippen LogP contribution in [0.2, 0.25) is 0 Å². The molecule has 2 aliphatic rings. The number of carbonyl (C=O) groups is 1. The molecule has 124 valence electrons. The average Bonchev–Trinajstić information content (AvgIpc) is 2.50. The first-order valence-electron chi connectivity index (χ1n) is 9.20. The number of aliphatic carboxylic acids is 1. The highest BCUT2D eigenvalue weighted by Crippen LogP contribution is 2.22. The van der Waals surface area contributed by atoms with E-state index in [0.717, 1.165) is 31.3 Å². The Morgan fingerprint density at radius 1 is 0.905 bits per heavy atom. The summed E-state index contributed by atoms with van der Waals surface area (Å²) in [6, 6.07) is 1.74. The molecule has 0 atom stereocenters. The van der Waals surface area contributed by atoms with Crippen molar-refractivity contribution < 1.29 is 9.90 Å². The number of nitrogens with one attached hydrogen (secondary N) is 1. The smallest absolute Gasteiger partial charge is 0.303 e. The molecule has 21 heavy (non-hydrogen) atoms. The van der Waals surface area contributed by atoms with Gasteiger partial charge in [0.1, 0.15) is 0 Å². The average molecular weight is 297 g/mol. The predicted octanol–water partition coefficient (Wildman–Crippen LogP) is 4.89. The molecule has 3 heteroatoms. The third-order valence-corrected chi connectivity index (χ3v) is 4.68. The molecule has 0 aromatic carbocycles.